The van der Waals surface area contributed by atoms with Gasteiger partial charge in [-0.2, -0.15) is 5.10 Å². The van der Waals surface area contributed by atoms with Crippen LogP contribution < -0.4 is 21.6 Å². The van der Waals surface area contributed by atoms with Gasteiger partial charge >= 0.3 is 5.69 Å². The summed E-state index contributed by atoms with van der Waals surface area (Å²) in [6.07, 6.45) is 2.47. The number of aromatic amines is 2. The molecule has 2 aromatic rings. The van der Waals surface area contributed by atoms with Gasteiger partial charge in [-0.3, -0.25) is 14.6 Å². The van der Waals surface area contributed by atoms with Crippen molar-refractivity contribution in [3.05, 3.63) is 62.4 Å². The van der Waals surface area contributed by atoms with E-state index in [1.165, 1.54) is 6.21 Å². The molecule has 0 aliphatic carbocycles. The predicted octanol–water partition coefficient (Wildman–Crippen LogP) is 1.11. The minimum atomic E-state index is -0.788. The lowest BCUT2D eigenvalue weighted by molar-refractivity contribution is 0.0953. The van der Waals surface area contributed by atoms with Crippen LogP contribution in [0.2, 0.25) is 0 Å². The molecule has 0 atom stereocenters. The number of rotatable bonds is 8. The van der Waals surface area contributed by atoms with Crippen molar-refractivity contribution in [1.29, 1.82) is 0 Å². The van der Waals surface area contributed by atoms with E-state index < -0.39 is 17.2 Å². The molecule has 0 fully saturated rings. The van der Waals surface area contributed by atoms with Crippen molar-refractivity contribution >= 4 is 41.0 Å². The zero-order valence-corrected chi connectivity index (χ0v) is 15.2. The van der Waals surface area contributed by atoms with Gasteiger partial charge in [-0.1, -0.05) is 12.1 Å². The predicted molar refractivity (Wildman–Crippen MR) is 103 cm³/mol. The van der Waals surface area contributed by atoms with Crippen LogP contribution in [-0.4, -0.2) is 46.9 Å². The zero-order valence-electron chi connectivity index (χ0n) is 13.7. The number of benzene rings is 1. The topological polar surface area (TPSA) is 110 Å². The molecule has 3 N–H and O–H groups in total. The molecule has 0 bridgehead atoms. The van der Waals surface area contributed by atoms with Crippen LogP contribution in [0.25, 0.3) is 0 Å². The Balaban J connectivity index is 2.00. The molecule has 1 amide bonds. The number of aromatic nitrogens is 2. The Morgan fingerprint density at radius 1 is 1.15 bits per heavy atom. The molecule has 0 aliphatic heterocycles. The van der Waals surface area contributed by atoms with Gasteiger partial charge in [-0.15, -0.1) is 23.2 Å². The molecule has 0 radical (unpaired) electrons. The number of alkyl halides is 2. The quantitative estimate of drug-likeness (QED) is 0.352. The molecule has 0 saturated carbocycles. The van der Waals surface area contributed by atoms with Crippen molar-refractivity contribution in [2.75, 3.05) is 29.7 Å². The molecule has 138 valence electrons. The molecule has 1 aromatic heterocycles. The van der Waals surface area contributed by atoms with Crippen LogP contribution in [0, 0.1) is 0 Å². The van der Waals surface area contributed by atoms with Crippen LogP contribution in [0.4, 0.5) is 5.69 Å². The first-order valence-corrected chi connectivity index (χ1v) is 8.74. The van der Waals surface area contributed by atoms with E-state index in [1.54, 1.807) is 0 Å². The van der Waals surface area contributed by atoms with E-state index in [2.05, 4.69) is 20.4 Å². The smallest absolute Gasteiger partial charge is 0.325 e. The number of nitrogens with zero attached hydrogens (tertiary/aromatic N) is 2. The molecule has 0 spiro atoms. The van der Waals surface area contributed by atoms with Crippen LogP contribution >= 0.6 is 23.2 Å². The fourth-order valence-electron chi connectivity index (χ4n) is 2.15. The SMILES string of the molecule is O=C(N/N=C/c1ccc(N(CCCl)CCCl)cc1)c1c[nH]c(=O)[nH]c1=O. The Labute approximate surface area is 158 Å². The summed E-state index contributed by atoms with van der Waals surface area (Å²) >= 11 is 11.6. The molecule has 0 unspecified atom stereocenters. The van der Waals surface area contributed by atoms with E-state index in [0.717, 1.165) is 17.4 Å². The van der Waals surface area contributed by atoms with Gasteiger partial charge in [0, 0.05) is 36.7 Å². The van der Waals surface area contributed by atoms with Gasteiger partial charge in [-0.05, 0) is 17.7 Å². The third-order valence-electron chi connectivity index (χ3n) is 3.41. The maximum atomic E-state index is 11.9. The van der Waals surface area contributed by atoms with Gasteiger partial charge in [0.25, 0.3) is 11.5 Å². The second-order valence-corrected chi connectivity index (χ2v) is 5.90. The summed E-state index contributed by atoms with van der Waals surface area (Å²) in [5.74, 6) is 0.261. The molecule has 0 saturated heterocycles. The Morgan fingerprint density at radius 2 is 1.81 bits per heavy atom. The van der Waals surface area contributed by atoms with Crippen molar-refractivity contribution in [1.82, 2.24) is 15.4 Å². The second kappa shape index (κ2) is 9.79. The first-order valence-electron chi connectivity index (χ1n) is 7.67. The molecule has 2 rings (SSSR count). The van der Waals surface area contributed by atoms with E-state index in [0.29, 0.717) is 24.8 Å². The van der Waals surface area contributed by atoms with Crippen molar-refractivity contribution < 1.29 is 4.79 Å². The maximum absolute atomic E-state index is 11.9. The summed E-state index contributed by atoms with van der Waals surface area (Å²) in [6.45, 7) is 1.37. The van der Waals surface area contributed by atoms with Gasteiger partial charge in [0.15, 0.2) is 0 Å². The number of hydrogen-bond donors (Lipinski definition) is 3. The Morgan fingerprint density at radius 3 is 2.38 bits per heavy atom. The summed E-state index contributed by atoms with van der Waals surface area (Å²) in [5.41, 5.74) is 2.24. The normalized spacial score (nSPS) is 10.8. The van der Waals surface area contributed by atoms with E-state index >= 15 is 0 Å². The number of carbonyl (C=O) groups is 1. The molecule has 26 heavy (non-hydrogen) atoms. The van der Waals surface area contributed by atoms with Gasteiger partial charge in [0.2, 0.25) is 0 Å². The Kier molecular flexibility index (Phi) is 7.43. The van der Waals surface area contributed by atoms with Crippen LogP contribution in [0.5, 0.6) is 0 Å². The lowest BCUT2D eigenvalue weighted by Crippen LogP contribution is -2.31. The molecular weight excluding hydrogens is 381 g/mol. The van der Waals surface area contributed by atoms with Gasteiger partial charge in [0.05, 0.1) is 6.21 Å². The molecule has 0 aliphatic rings. The van der Waals surface area contributed by atoms with E-state index in [-0.39, 0.29) is 5.56 Å². The molecular formula is C16H17Cl2N5O3. The fraction of sp³-hybridized carbons (Fsp3) is 0.250. The van der Waals surface area contributed by atoms with Crippen LogP contribution in [0.1, 0.15) is 15.9 Å². The van der Waals surface area contributed by atoms with Gasteiger partial charge in [-0.25, -0.2) is 10.2 Å². The summed E-state index contributed by atoms with van der Waals surface area (Å²) < 4.78 is 0. The standard InChI is InChI=1S/C16H17Cl2N5O3/c17-5-7-23(8-6-18)12-3-1-11(2-4-12)9-20-22-15(25)13-10-19-16(26)21-14(13)24/h1-4,9-10H,5-8H2,(H,22,25)(H2,19,21,24,26)/b20-9+. The van der Waals surface area contributed by atoms with Crippen molar-refractivity contribution in [3.63, 3.8) is 0 Å². The number of amides is 1. The largest absolute Gasteiger partial charge is 0.369 e. The first kappa shape index (κ1) is 19.7. The average molecular weight is 398 g/mol. The van der Waals surface area contributed by atoms with Gasteiger partial charge in [0.1, 0.15) is 5.56 Å². The number of anilines is 1. The summed E-state index contributed by atoms with van der Waals surface area (Å²) in [5, 5.41) is 3.80. The molecule has 1 aromatic carbocycles. The summed E-state index contributed by atoms with van der Waals surface area (Å²) in [6, 6.07) is 7.45. The number of H-pyrrole nitrogens is 2. The third kappa shape index (κ3) is 5.47. The van der Waals surface area contributed by atoms with Crippen LogP contribution in [0.15, 0.2) is 45.2 Å². The highest BCUT2D eigenvalue weighted by molar-refractivity contribution is 6.18. The lowest BCUT2D eigenvalue weighted by Gasteiger charge is -2.22. The molecule has 10 heteroatoms. The molecule has 1 heterocycles. The third-order valence-corrected chi connectivity index (χ3v) is 3.75. The van der Waals surface area contributed by atoms with Crippen molar-refractivity contribution in [2.45, 2.75) is 0 Å². The van der Waals surface area contributed by atoms with E-state index in [4.69, 9.17) is 23.2 Å². The minimum Gasteiger partial charge on any atom is -0.369 e. The lowest BCUT2D eigenvalue weighted by atomic mass is 10.2. The van der Waals surface area contributed by atoms with Crippen LogP contribution in [-0.2, 0) is 0 Å². The summed E-state index contributed by atoms with van der Waals surface area (Å²) in [4.78, 5) is 40.5. The Hall–Kier alpha value is -2.58. The zero-order chi connectivity index (χ0) is 18.9. The highest BCUT2D eigenvalue weighted by atomic mass is 35.5. The van der Waals surface area contributed by atoms with Crippen LogP contribution in [0.3, 0.4) is 0 Å². The monoisotopic (exact) mass is 397 g/mol. The highest BCUT2D eigenvalue weighted by Crippen LogP contribution is 2.14. The number of hydrazone groups is 1. The minimum absolute atomic E-state index is 0.241. The van der Waals surface area contributed by atoms with E-state index in [9.17, 15) is 14.4 Å². The first-order chi connectivity index (χ1) is 12.5. The number of hydrogen-bond acceptors (Lipinski definition) is 5. The number of halogens is 2. The summed E-state index contributed by atoms with van der Waals surface area (Å²) in [7, 11) is 0. The molecule has 8 nitrogen and oxygen atoms in total. The Bertz CT molecular complexity index is 870. The van der Waals surface area contributed by atoms with Crippen molar-refractivity contribution in [3.8, 4) is 0 Å². The van der Waals surface area contributed by atoms with Crippen molar-refractivity contribution in [2.24, 2.45) is 5.10 Å². The second-order valence-electron chi connectivity index (χ2n) is 5.14. The highest BCUT2D eigenvalue weighted by Gasteiger charge is 2.09. The number of carbonyl (C=O) groups excluding carboxylic acids is 1. The van der Waals surface area contributed by atoms with Gasteiger partial charge < -0.3 is 9.88 Å². The maximum Gasteiger partial charge on any atom is 0.325 e. The van der Waals surface area contributed by atoms with E-state index in [1.807, 2.05) is 29.2 Å². The average Bonchev–Trinajstić information content (AvgIpc) is 2.62. The number of nitrogens with one attached hydrogen (secondary N) is 3. The fourth-order valence-corrected chi connectivity index (χ4v) is 2.56.